The third-order valence-electron chi connectivity index (χ3n) is 3.47. The minimum atomic E-state index is -0.289. The summed E-state index contributed by atoms with van der Waals surface area (Å²) in [6.45, 7) is 6.16. The van der Waals surface area contributed by atoms with Crippen molar-refractivity contribution in [3.05, 3.63) is 35.1 Å². The molecule has 1 aromatic rings. The molecule has 104 valence electrons. The summed E-state index contributed by atoms with van der Waals surface area (Å²) >= 11 is 0. The van der Waals surface area contributed by atoms with Crippen LogP contribution in [0.1, 0.15) is 28.8 Å². The summed E-state index contributed by atoms with van der Waals surface area (Å²) in [6.07, 6.45) is 1.36. The zero-order valence-electron chi connectivity index (χ0n) is 11.3. The van der Waals surface area contributed by atoms with E-state index in [-0.39, 0.29) is 11.6 Å². The van der Waals surface area contributed by atoms with Gasteiger partial charge in [0.25, 0.3) is 0 Å². The number of hydrogen-bond donors (Lipinski definition) is 0. The Labute approximate surface area is 113 Å². The number of morpholine rings is 1. The maximum Gasteiger partial charge on any atom is 0.163 e. The number of nitrogens with zero attached hydrogens (tertiary/aromatic N) is 1. The molecule has 1 saturated heterocycles. The highest BCUT2D eigenvalue weighted by molar-refractivity contribution is 5.97. The summed E-state index contributed by atoms with van der Waals surface area (Å²) in [4.78, 5) is 14.4. The smallest absolute Gasteiger partial charge is 0.163 e. The highest BCUT2D eigenvalue weighted by Crippen LogP contribution is 2.13. The average Bonchev–Trinajstić information content (AvgIpc) is 2.39. The summed E-state index contributed by atoms with van der Waals surface area (Å²) in [6, 6.07) is 4.35. The SMILES string of the molecule is Cc1cc(F)ccc1C(=O)CCCN1CCOCC1. The van der Waals surface area contributed by atoms with Crippen molar-refractivity contribution in [1.82, 2.24) is 4.90 Å². The van der Waals surface area contributed by atoms with Crippen molar-refractivity contribution in [2.75, 3.05) is 32.8 Å². The Bertz CT molecular complexity index is 442. The van der Waals surface area contributed by atoms with Gasteiger partial charge in [0.2, 0.25) is 0 Å². The molecular weight excluding hydrogens is 245 g/mol. The van der Waals surface area contributed by atoms with Gasteiger partial charge in [0.15, 0.2) is 5.78 Å². The van der Waals surface area contributed by atoms with E-state index in [2.05, 4.69) is 4.90 Å². The predicted octanol–water partition coefficient (Wildman–Crippen LogP) is 2.43. The molecule has 1 aromatic carbocycles. The van der Waals surface area contributed by atoms with Crippen molar-refractivity contribution in [2.45, 2.75) is 19.8 Å². The van der Waals surface area contributed by atoms with Crippen molar-refractivity contribution in [1.29, 1.82) is 0 Å². The van der Waals surface area contributed by atoms with E-state index in [1.807, 2.05) is 0 Å². The van der Waals surface area contributed by atoms with E-state index in [0.29, 0.717) is 12.0 Å². The molecule has 0 bridgehead atoms. The fraction of sp³-hybridized carbons (Fsp3) is 0.533. The first-order chi connectivity index (χ1) is 9.16. The third kappa shape index (κ3) is 4.11. The molecule has 0 spiro atoms. The standard InChI is InChI=1S/C15H20FNO2/c1-12-11-13(16)4-5-14(12)15(18)3-2-6-17-7-9-19-10-8-17/h4-5,11H,2-3,6-10H2,1H3. The van der Waals surface area contributed by atoms with E-state index < -0.39 is 0 Å². The minimum absolute atomic E-state index is 0.103. The van der Waals surface area contributed by atoms with E-state index >= 15 is 0 Å². The molecule has 0 aliphatic carbocycles. The van der Waals surface area contributed by atoms with Crippen molar-refractivity contribution in [3.63, 3.8) is 0 Å². The number of Topliss-reactive ketones (excluding diaryl/α,β-unsaturated/α-hetero) is 1. The summed E-state index contributed by atoms with van der Waals surface area (Å²) in [5, 5.41) is 0. The summed E-state index contributed by atoms with van der Waals surface area (Å²) in [5.41, 5.74) is 1.36. The van der Waals surface area contributed by atoms with Crippen LogP contribution in [0.2, 0.25) is 0 Å². The lowest BCUT2D eigenvalue weighted by Gasteiger charge is -2.26. The van der Waals surface area contributed by atoms with Gasteiger partial charge < -0.3 is 4.74 Å². The van der Waals surface area contributed by atoms with Gasteiger partial charge in [0.1, 0.15) is 5.82 Å². The Balaban J connectivity index is 1.80. The lowest BCUT2D eigenvalue weighted by Crippen LogP contribution is -2.36. The largest absolute Gasteiger partial charge is 0.379 e. The van der Waals surface area contributed by atoms with Gasteiger partial charge in [-0.3, -0.25) is 9.69 Å². The second-order valence-corrected chi connectivity index (χ2v) is 4.94. The third-order valence-corrected chi connectivity index (χ3v) is 3.47. The van der Waals surface area contributed by atoms with Crippen LogP contribution in [0.3, 0.4) is 0 Å². The van der Waals surface area contributed by atoms with Crippen molar-refractivity contribution in [3.8, 4) is 0 Å². The molecule has 0 N–H and O–H groups in total. The minimum Gasteiger partial charge on any atom is -0.379 e. The van der Waals surface area contributed by atoms with Crippen molar-refractivity contribution < 1.29 is 13.9 Å². The molecule has 0 unspecified atom stereocenters. The van der Waals surface area contributed by atoms with E-state index in [0.717, 1.165) is 44.8 Å². The van der Waals surface area contributed by atoms with Crippen LogP contribution in [0.25, 0.3) is 0 Å². The summed E-state index contributed by atoms with van der Waals surface area (Å²) < 4.78 is 18.3. The van der Waals surface area contributed by atoms with Gasteiger partial charge in [-0.05, 0) is 43.7 Å². The molecule has 0 amide bonds. The number of ketones is 1. The van der Waals surface area contributed by atoms with E-state index in [9.17, 15) is 9.18 Å². The average molecular weight is 265 g/mol. The zero-order valence-corrected chi connectivity index (χ0v) is 11.3. The zero-order chi connectivity index (χ0) is 13.7. The number of halogens is 1. The normalized spacial score (nSPS) is 16.5. The monoisotopic (exact) mass is 265 g/mol. The number of aryl methyl sites for hydroxylation is 1. The molecule has 3 nitrogen and oxygen atoms in total. The molecule has 4 heteroatoms. The Morgan fingerprint density at radius 1 is 1.37 bits per heavy atom. The van der Waals surface area contributed by atoms with Crippen LogP contribution in [0.5, 0.6) is 0 Å². The highest BCUT2D eigenvalue weighted by Gasteiger charge is 2.12. The maximum atomic E-state index is 13.0. The van der Waals surface area contributed by atoms with Gasteiger partial charge in [-0.2, -0.15) is 0 Å². The molecule has 0 aromatic heterocycles. The molecule has 1 aliphatic rings. The molecule has 2 rings (SSSR count). The molecule has 1 heterocycles. The predicted molar refractivity (Wildman–Crippen MR) is 72.0 cm³/mol. The first-order valence-electron chi connectivity index (χ1n) is 6.76. The van der Waals surface area contributed by atoms with Crippen LogP contribution in [-0.4, -0.2) is 43.5 Å². The molecule has 1 fully saturated rings. The van der Waals surface area contributed by atoms with Crippen LogP contribution in [0, 0.1) is 12.7 Å². The van der Waals surface area contributed by atoms with Gasteiger partial charge in [-0.1, -0.05) is 0 Å². The number of benzene rings is 1. The Morgan fingerprint density at radius 2 is 2.11 bits per heavy atom. The maximum absolute atomic E-state index is 13.0. The fourth-order valence-electron chi connectivity index (χ4n) is 2.36. The highest BCUT2D eigenvalue weighted by atomic mass is 19.1. The topological polar surface area (TPSA) is 29.5 Å². The molecular formula is C15H20FNO2. The molecule has 19 heavy (non-hydrogen) atoms. The second-order valence-electron chi connectivity index (χ2n) is 4.94. The number of rotatable bonds is 5. The summed E-state index contributed by atoms with van der Waals surface area (Å²) in [5.74, 6) is -0.187. The summed E-state index contributed by atoms with van der Waals surface area (Å²) in [7, 11) is 0. The molecule has 0 radical (unpaired) electrons. The van der Waals surface area contributed by atoms with E-state index in [1.165, 1.54) is 12.1 Å². The number of carbonyl (C=O) groups excluding carboxylic acids is 1. The number of ether oxygens (including phenoxy) is 1. The molecule has 0 saturated carbocycles. The van der Waals surface area contributed by atoms with E-state index in [4.69, 9.17) is 4.74 Å². The lowest BCUT2D eigenvalue weighted by molar-refractivity contribution is 0.0371. The van der Waals surface area contributed by atoms with Gasteiger partial charge in [-0.25, -0.2) is 4.39 Å². The van der Waals surface area contributed by atoms with Crippen LogP contribution < -0.4 is 0 Å². The van der Waals surface area contributed by atoms with Gasteiger partial charge in [0.05, 0.1) is 13.2 Å². The Morgan fingerprint density at radius 3 is 2.79 bits per heavy atom. The van der Waals surface area contributed by atoms with Gasteiger partial charge >= 0.3 is 0 Å². The Hall–Kier alpha value is -1.26. The number of carbonyl (C=O) groups is 1. The first-order valence-corrected chi connectivity index (χ1v) is 6.76. The van der Waals surface area contributed by atoms with Crippen LogP contribution in [0.15, 0.2) is 18.2 Å². The van der Waals surface area contributed by atoms with E-state index in [1.54, 1.807) is 13.0 Å². The van der Waals surface area contributed by atoms with Crippen molar-refractivity contribution in [2.24, 2.45) is 0 Å². The van der Waals surface area contributed by atoms with Crippen molar-refractivity contribution >= 4 is 5.78 Å². The van der Waals surface area contributed by atoms with Crippen LogP contribution in [0.4, 0.5) is 4.39 Å². The Kier molecular flexibility index (Phi) is 5.05. The fourth-order valence-corrected chi connectivity index (χ4v) is 2.36. The van der Waals surface area contributed by atoms with Gasteiger partial charge in [0, 0.05) is 25.1 Å². The lowest BCUT2D eigenvalue weighted by atomic mass is 10.0. The second kappa shape index (κ2) is 6.78. The number of hydrogen-bond acceptors (Lipinski definition) is 3. The van der Waals surface area contributed by atoms with Crippen LogP contribution >= 0.6 is 0 Å². The molecule has 1 aliphatic heterocycles. The quantitative estimate of drug-likeness (QED) is 0.766. The first kappa shape index (κ1) is 14.2. The molecule has 0 atom stereocenters. The van der Waals surface area contributed by atoms with Crippen LogP contribution in [-0.2, 0) is 4.74 Å². The van der Waals surface area contributed by atoms with Gasteiger partial charge in [-0.15, -0.1) is 0 Å².